The summed E-state index contributed by atoms with van der Waals surface area (Å²) in [7, 11) is 0. The highest BCUT2D eigenvalue weighted by Crippen LogP contribution is 2.38. The second kappa shape index (κ2) is 9.44. The summed E-state index contributed by atoms with van der Waals surface area (Å²) in [5.74, 6) is 3.13. The summed E-state index contributed by atoms with van der Waals surface area (Å²) in [6.45, 7) is 5.30. The maximum absolute atomic E-state index is 13.1. The molecule has 0 radical (unpaired) electrons. The van der Waals surface area contributed by atoms with Gasteiger partial charge in [-0.1, -0.05) is 17.3 Å². The number of amides is 1. The van der Waals surface area contributed by atoms with Gasteiger partial charge in [0.05, 0.1) is 17.9 Å². The third kappa shape index (κ3) is 4.41. The zero-order valence-corrected chi connectivity index (χ0v) is 20.1. The fraction of sp³-hybridized carbons (Fsp3) is 0.346. The van der Waals surface area contributed by atoms with Crippen molar-refractivity contribution in [1.29, 1.82) is 0 Å². The van der Waals surface area contributed by atoms with E-state index in [2.05, 4.69) is 31.1 Å². The number of imidazole rings is 1. The molecular formula is C26H27N7O3. The van der Waals surface area contributed by atoms with Crippen molar-refractivity contribution in [2.75, 3.05) is 37.7 Å². The van der Waals surface area contributed by atoms with Crippen LogP contribution in [0.3, 0.4) is 0 Å². The summed E-state index contributed by atoms with van der Waals surface area (Å²) in [4.78, 5) is 30.5. The first kappa shape index (κ1) is 22.3. The Morgan fingerprint density at radius 1 is 1.08 bits per heavy atom. The molecular weight excluding hydrogens is 458 g/mol. The molecule has 1 aliphatic heterocycles. The summed E-state index contributed by atoms with van der Waals surface area (Å²) in [5.41, 5.74) is 2.22. The maximum atomic E-state index is 13.1. The summed E-state index contributed by atoms with van der Waals surface area (Å²) < 4.78 is 12.9. The minimum absolute atomic E-state index is 0.0819. The number of rotatable bonds is 7. The molecule has 4 aromatic rings. The molecule has 1 aliphatic carbocycles. The van der Waals surface area contributed by atoms with E-state index in [-0.39, 0.29) is 5.91 Å². The van der Waals surface area contributed by atoms with E-state index in [1.807, 2.05) is 42.2 Å². The Bertz CT molecular complexity index is 1350. The molecule has 10 heteroatoms. The van der Waals surface area contributed by atoms with E-state index < -0.39 is 0 Å². The van der Waals surface area contributed by atoms with Gasteiger partial charge in [0.15, 0.2) is 5.82 Å². The minimum Gasteiger partial charge on any atom is -0.492 e. The smallest absolute Gasteiger partial charge is 0.274 e. The van der Waals surface area contributed by atoms with E-state index in [0.29, 0.717) is 43.0 Å². The number of carbonyl (C=O) groups excluding carboxylic acids is 1. The van der Waals surface area contributed by atoms with Crippen LogP contribution in [-0.4, -0.2) is 68.3 Å². The molecule has 36 heavy (non-hydrogen) atoms. The van der Waals surface area contributed by atoms with Crippen LogP contribution in [0.25, 0.3) is 17.3 Å². The predicted octanol–water partition coefficient (Wildman–Crippen LogP) is 3.56. The molecule has 0 spiro atoms. The van der Waals surface area contributed by atoms with E-state index in [1.54, 1.807) is 23.3 Å². The number of para-hydroxylation sites is 2. The van der Waals surface area contributed by atoms with E-state index in [0.717, 1.165) is 48.8 Å². The lowest BCUT2D eigenvalue weighted by molar-refractivity contribution is 0.0741. The number of hydrogen-bond donors (Lipinski definition) is 0. The van der Waals surface area contributed by atoms with E-state index in [1.165, 1.54) is 0 Å². The van der Waals surface area contributed by atoms with Crippen molar-refractivity contribution in [2.24, 2.45) is 0 Å². The van der Waals surface area contributed by atoms with Gasteiger partial charge in [0.1, 0.15) is 23.6 Å². The van der Waals surface area contributed by atoms with Crippen LogP contribution in [0.5, 0.6) is 5.75 Å². The monoisotopic (exact) mass is 485 g/mol. The van der Waals surface area contributed by atoms with E-state index >= 15 is 0 Å². The zero-order valence-electron chi connectivity index (χ0n) is 20.1. The molecule has 0 atom stereocenters. The first-order chi connectivity index (χ1) is 17.7. The average Bonchev–Trinajstić information content (AvgIpc) is 3.45. The summed E-state index contributed by atoms with van der Waals surface area (Å²) >= 11 is 0. The van der Waals surface area contributed by atoms with E-state index in [4.69, 9.17) is 9.26 Å². The van der Waals surface area contributed by atoms with E-state index in [9.17, 15) is 4.79 Å². The van der Waals surface area contributed by atoms with Crippen LogP contribution in [-0.2, 0) is 0 Å². The topological polar surface area (TPSA) is 102 Å². The van der Waals surface area contributed by atoms with Crippen molar-refractivity contribution in [3.8, 4) is 23.0 Å². The molecule has 0 unspecified atom stereocenters. The molecule has 1 saturated carbocycles. The molecule has 3 aromatic heterocycles. The van der Waals surface area contributed by atoms with Crippen molar-refractivity contribution in [3.05, 3.63) is 66.6 Å². The molecule has 10 nitrogen and oxygen atoms in total. The molecule has 0 bridgehead atoms. The number of benzene rings is 1. The van der Waals surface area contributed by atoms with Crippen molar-refractivity contribution in [1.82, 2.24) is 29.6 Å². The van der Waals surface area contributed by atoms with Crippen LogP contribution in [0.2, 0.25) is 0 Å². The number of carbonyl (C=O) groups is 1. The molecule has 1 aromatic carbocycles. The predicted molar refractivity (Wildman–Crippen MR) is 132 cm³/mol. The van der Waals surface area contributed by atoms with Crippen molar-refractivity contribution in [3.63, 3.8) is 0 Å². The van der Waals surface area contributed by atoms with Crippen molar-refractivity contribution < 1.29 is 14.1 Å². The number of piperazine rings is 1. The number of hydrogen-bond acceptors (Lipinski definition) is 8. The molecule has 2 aliphatic rings. The molecule has 6 rings (SSSR count). The molecule has 1 saturated heterocycles. The summed E-state index contributed by atoms with van der Waals surface area (Å²) in [6.07, 6.45) is 7.27. The molecule has 4 heterocycles. The molecule has 1 amide bonds. The third-order valence-electron chi connectivity index (χ3n) is 6.52. The fourth-order valence-electron chi connectivity index (χ4n) is 4.39. The Balaban J connectivity index is 1.10. The van der Waals surface area contributed by atoms with Crippen LogP contribution in [0, 0.1) is 0 Å². The largest absolute Gasteiger partial charge is 0.492 e. The van der Waals surface area contributed by atoms with Crippen LogP contribution in [0.4, 0.5) is 5.69 Å². The van der Waals surface area contributed by atoms with Gasteiger partial charge in [0.2, 0.25) is 0 Å². The average molecular weight is 486 g/mol. The van der Waals surface area contributed by atoms with Crippen molar-refractivity contribution >= 4 is 11.6 Å². The highest BCUT2D eigenvalue weighted by atomic mass is 16.5. The van der Waals surface area contributed by atoms with Crippen molar-refractivity contribution in [2.45, 2.75) is 25.7 Å². The SMILES string of the molecule is CCOc1ccccc1N1CCN(C(=O)c2cn(-c3ccc(-c4nc(C5CC5)no4)cn3)cn2)CC1. The zero-order chi connectivity index (χ0) is 24.5. The van der Waals surface area contributed by atoms with Gasteiger partial charge >= 0.3 is 0 Å². The number of nitrogens with zero attached hydrogens (tertiary/aromatic N) is 7. The van der Waals surface area contributed by atoms with Gasteiger partial charge in [-0.3, -0.25) is 9.36 Å². The van der Waals surface area contributed by atoms with Gasteiger partial charge in [-0.2, -0.15) is 4.98 Å². The van der Waals surface area contributed by atoms with Crippen LogP contribution in [0.15, 0.2) is 59.6 Å². The normalized spacial score (nSPS) is 15.8. The number of aromatic nitrogens is 5. The first-order valence-corrected chi connectivity index (χ1v) is 12.3. The molecule has 184 valence electrons. The second-order valence-corrected chi connectivity index (χ2v) is 8.98. The second-order valence-electron chi connectivity index (χ2n) is 8.98. The number of anilines is 1. The lowest BCUT2D eigenvalue weighted by Crippen LogP contribution is -2.49. The number of ether oxygens (including phenoxy) is 1. The standard InChI is InChI=1S/C26H27N7O3/c1-2-35-22-6-4-3-5-21(22)31-11-13-32(14-12-31)26(34)20-16-33(17-28-20)23-10-9-19(15-27-23)25-29-24(30-36-25)18-7-8-18/h3-6,9-10,15-18H,2,7-8,11-14H2,1H3. The van der Waals surface area contributed by atoms with Gasteiger partial charge in [-0.15, -0.1) is 0 Å². The highest BCUT2D eigenvalue weighted by Gasteiger charge is 2.29. The quantitative estimate of drug-likeness (QED) is 0.392. The Labute approximate surface area is 208 Å². The number of pyridine rings is 1. The Morgan fingerprint density at radius 3 is 2.67 bits per heavy atom. The van der Waals surface area contributed by atoms with Crippen LogP contribution >= 0.6 is 0 Å². The molecule has 0 N–H and O–H groups in total. The highest BCUT2D eigenvalue weighted by molar-refractivity contribution is 5.92. The Kier molecular flexibility index (Phi) is 5.84. The van der Waals surface area contributed by atoms with Gasteiger partial charge in [0.25, 0.3) is 11.8 Å². The maximum Gasteiger partial charge on any atom is 0.274 e. The van der Waals surface area contributed by atoms with Gasteiger partial charge in [-0.25, -0.2) is 9.97 Å². The third-order valence-corrected chi connectivity index (χ3v) is 6.52. The van der Waals surface area contributed by atoms with Crippen LogP contribution < -0.4 is 9.64 Å². The lowest BCUT2D eigenvalue weighted by atomic mass is 10.2. The first-order valence-electron chi connectivity index (χ1n) is 12.3. The molecule has 2 fully saturated rings. The minimum atomic E-state index is -0.0819. The lowest BCUT2D eigenvalue weighted by Gasteiger charge is -2.36. The Hall–Kier alpha value is -4.21. The fourth-order valence-corrected chi connectivity index (χ4v) is 4.39. The van der Waals surface area contributed by atoms with Gasteiger partial charge < -0.3 is 19.1 Å². The van der Waals surface area contributed by atoms with Gasteiger partial charge in [0, 0.05) is 44.5 Å². The Morgan fingerprint density at radius 2 is 1.92 bits per heavy atom. The summed E-state index contributed by atoms with van der Waals surface area (Å²) in [5, 5.41) is 4.06. The van der Waals surface area contributed by atoms with Crippen LogP contribution in [0.1, 0.15) is 42.0 Å². The summed E-state index contributed by atoms with van der Waals surface area (Å²) in [6, 6.07) is 11.8. The van der Waals surface area contributed by atoms with Gasteiger partial charge in [-0.05, 0) is 44.0 Å².